The van der Waals surface area contributed by atoms with Gasteiger partial charge in [-0.2, -0.15) is 0 Å². The number of piperidine rings is 2. The molecule has 27 heavy (non-hydrogen) atoms. The van der Waals surface area contributed by atoms with E-state index in [-0.39, 0.29) is 24.0 Å². The Morgan fingerprint density at radius 2 is 2.30 bits per heavy atom. The number of imidazole rings is 1. The third-order valence-electron chi connectivity index (χ3n) is 6.39. The number of nitrogens with one attached hydrogen (secondary N) is 1. The molecule has 2 aromatic rings. The summed E-state index contributed by atoms with van der Waals surface area (Å²) in [6, 6.07) is 5.84. The molecule has 2 atom stereocenters. The van der Waals surface area contributed by atoms with Crippen LogP contribution in [-0.2, 0) is 0 Å². The highest BCUT2D eigenvalue weighted by Crippen LogP contribution is 2.42. The molecular formula is C21H28N4O2. The van der Waals surface area contributed by atoms with Gasteiger partial charge >= 0.3 is 0 Å². The summed E-state index contributed by atoms with van der Waals surface area (Å²) < 4.78 is 0. The molecule has 0 unspecified atom stereocenters. The number of benzene rings is 1. The lowest BCUT2D eigenvalue weighted by atomic mass is 9.69. The van der Waals surface area contributed by atoms with E-state index in [9.17, 15) is 9.90 Å². The Morgan fingerprint density at radius 1 is 1.41 bits per heavy atom. The minimum Gasteiger partial charge on any atom is -0.396 e. The second-order valence-electron chi connectivity index (χ2n) is 7.84. The monoisotopic (exact) mass is 368 g/mol. The van der Waals surface area contributed by atoms with Crippen molar-refractivity contribution < 1.29 is 9.90 Å². The Labute approximate surface area is 159 Å². The van der Waals surface area contributed by atoms with E-state index in [1.807, 2.05) is 30.0 Å². The maximum absolute atomic E-state index is 13.1. The average Bonchev–Trinajstić information content (AvgIpc) is 3.19. The number of hydrogen-bond acceptors (Lipinski definition) is 4. The highest BCUT2D eigenvalue weighted by molar-refractivity contribution is 5.97. The number of aliphatic hydroxyl groups is 1. The number of H-pyrrole nitrogens is 1. The SMILES string of the molecule is CC=CCN1CCC[C@]2(CO)CCN(C(=O)c3ccc4nc[nH]c4c3)C[C@@H]12. The van der Waals surface area contributed by atoms with Gasteiger partial charge in [-0.3, -0.25) is 9.69 Å². The first kappa shape index (κ1) is 18.2. The normalized spacial score (nSPS) is 26.6. The Hall–Kier alpha value is -2.18. The number of aromatic nitrogens is 2. The number of carbonyl (C=O) groups excluding carboxylic acids is 1. The molecule has 2 saturated heterocycles. The van der Waals surface area contributed by atoms with Gasteiger partial charge in [0, 0.05) is 36.7 Å². The number of fused-ring (bicyclic) bond motifs is 2. The van der Waals surface area contributed by atoms with Crippen molar-refractivity contribution in [2.75, 3.05) is 32.8 Å². The largest absolute Gasteiger partial charge is 0.396 e. The fourth-order valence-corrected chi connectivity index (χ4v) is 4.76. The lowest BCUT2D eigenvalue weighted by molar-refractivity contribution is -0.0655. The van der Waals surface area contributed by atoms with Crippen LogP contribution in [0.2, 0.25) is 0 Å². The topological polar surface area (TPSA) is 72.5 Å². The molecule has 4 rings (SSSR count). The second kappa shape index (κ2) is 7.44. The summed E-state index contributed by atoms with van der Waals surface area (Å²) in [5.74, 6) is 0.0644. The van der Waals surface area contributed by atoms with E-state index in [0.29, 0.717) is 18.7 Å². The van der Waals surface area contributed by atoms with Gasteiger partial charge in [-0.1, -0.05) is 12.2 Å². The van der Waals surface area contributed by atoms with Gasteiger partial charge in [0.15, 0.2) is 0 Å². The number of aromatic amines is 1. The number of nitrogens with zero attached hydrogens (tertiary/aromatic N) is 3. The number of aliphatic hydroxyl groups excluding tert-OH is 1. The summed E-state index contributed by atoms with van der Waals surface area (Å²) in [6.45, 7) is 5.52. The Morgan fingerprint density at radius 3 is 3.11 bits per heavy atom. The highest BCUT2D eigenvalue weighted by atomic mass is 16.3. The molecule has 1 amide bonds. The van der Waals surface area contributed by atoms with Gasteiger partial charge in [0.05, 0.1) is 24.0 Å². The van der Waals surface area contributed by atoms with Gasteiger partial charge in [0.2, 0.25) is 0 Å². The minimum atomic E-state index is -0.0794. The van der Waals surface area contributed by atoms with Crippen LogP contribution in [0.25, 0.3) is 11.0 Å². The Bertz CT molecular complexity index is 846. The summed E-state index contributed by atoms with van der Waals surface area (Å²) in [5.41, 5.74) is 2.37. The standard InChI is InChI=1S/C21H28N4O2/c1-2-3-9-24-10-4-7-21(14-26)8-11-25(13-19(21)24)20(27)16-5-6-17-18(12-16)23-15-22-17/h2-3,5-6,12,15,19,26H,4,7-11,13-14H2,1H3,(H,22,23)/t19-,21-/m1/s1. The van der Waals surface area contributed by atoms with E-state index in [2.05, 4.69) is 27.0 Å². The molecular weight excluding hydrogens is 340 g/mol. The Balaban J connectivity index is 1.57. The molecule has 2 aliphatic rings. The fraction of sp³-hybridized carbons (Fsp3) is 0.524. The van der Waals surface area contributed by atoms with Crippen LogP contribution in [0.15, 0.2) is 36.7 Å². The van der Waals surface area contributed by atoms with Crippen LogP contribution in [0, 0.1) is 5.41 Å². The van der Waals surface area contributed by atoms with Gasteiger partial charge in [0.1, 0.15) is 0 Å². The zero-order valence-corrected chi connectivity index (χ0v) is 15.9. The van der Waals surface area contributed by atoms with Crippen molar-refractivity contribution in [3.05, 3.63) is 42.2 Å². The van der Waals surface area contributed by atoms with E-state index in [1.54, 1.807) is 6.33 Å². The molecule has 0 spiro atoms. The van der Waals surface area contributed by atoms with Gasteiger partial charge in [-0.15, -0.1) is 0 Å². The van der Waals surface area contributed by atoms with Gasteiger partial charge in [0.25, 0.3) is 5.91 Å². The van der Waals surface area contributed by atoms with E-state index in [1.165, 1.54) is 0 Å². The first-order chi connectivity index (χ1) is 13.2. The van der Waals surface area contributed by atoms with Crippen molar-refractivity contribution in [3.8, 4) is 0 Å². The fourth-order valence-electron chi connectivity index (χ4n) is 4.76. The van der Waals surface area contributed by atoms with Crippen LogP contribution in [0.5, 0.6) is 0 Å². The van der Waals surface area contributed by atoms with Gasteiger partial charge in [-0.25, -0.2) is 4.98 Å². The molecule has 144 valence electrons. The molecule has 1 aromatic carbocycles. The van der Waals surface area contributed by atoms with Crippen LogP contribution in [0.1, 0.15) is 36.5 Å². The summed E-state index contributed by atoms with van der Waals surface area (Å²) in [7, 11) is 0. The molecule has 0 aliphatic carbocycles. The molecule has 2 aliphatic heterocycles. The van der Waals surface area contributed by atoms with E-state index in [0.717, 1.165) is 43.4 Å². The van der Waals surface area contributed by atoms with E-state index < -0.39 is 0 Å². The highest BCUT2D eigenvalue weighted by Gasteiger charge is 2.48. The lowest BCUT2D eigenvalue weighted by Crippen LogP contribution is -2.63. The van der Waals surface area contributed by atoms with Gasteiger partial charge in [-0.05, 0) is 50.9 Å². The summed E-state index contributed by atoms with van der Waals surface area (Å²) in [5, 5.41) is 10.2. The maximum atomic E-state index is 13.1. The summed E-state index contributed by atoms with van der Waals surface area (Å²) in [6.07, 6.45) is 8.90. The number of amides is 1. The first-order valence-corrected chi connectivity index (χ1v) is 9.85. The summed E-state index contributed by atoms with van der Waals surface area (Å²) >= 11 is 0. The molecule has 2 N–H and O–H groups in total. The molecule has 0 bridgehead atoms. The van der Waals surface area contributed by atoms with Crippen LogP contribution in [0.4, 0.5) is 0 Å². The Kier molecular flexibility index (Phi) is 5.02. The van der Waals surface area contributed by atoms with Crippen molar-refractivity contribution in [1.82, 2.24) is 19.8 Å². The molecule has 3 heterocycles. The smallest absolute Gasteiger partial charge is 0.253 e. The molecule has 2 fully saturated rings. The number of carbonyl (C=O) groups is 1. The zero-order chi connectivity index (χ0) is 18.9. The number of hydrogen-bond donors (Lipinski definition) is 2. The molecule has 0 saturated carbocycles. The predicted octanol–water partition coefficient (Wildman–Crippen LogP) is 2.43. The van der Waals surface area contributed by atoms with Gasteiger partial charge < -0.3 is 15.0 Å². The number of rotatable bonds is 4. The number of likely N-dealkylation sites (tertiary alicyclic amines) is 2. The average molecular weight is 368 g/mol. The molecule has 6 nitrogen and oxygen atoms in total. The van der Waals surface area contributed by atoms with Crippen molar-refractivity contribution in [2.24, 2.45) is 5.41 Å². The van der Waals surface area contributed by atoms with Crippen molar-refractivity contribution >= 4 is 16.9 Å². The number of allylic oxidation sites excluding steroid dienone is 1. The third-order valence-corrected chi connectivity index (χ3v) is 6.39. The van der Waals surface area contributed by atoms with Crippen LogP contribution < -0.4 is 0 Å². The maximum Gasteiger partial charge on any atom is 0.253 e. The second-order valence-corrected chi connectivity index (χ2v) is 7.84. The van der Waals surface area contributed by atoms with E-state index >= 15 is 0 Å². The van der Waals surface area contributed by atoms with Crippen LogP contribution >= 0.6 is 0 Å². The van der Waals surface area contributed by atoms with Crippen molar-refractivity contribution in [1.29, 1.82) is 0 Å². The molecule has 6 heteroatoms. The quantitative estimate of drug-likeness (QED) is 0.813. The molecule has 1 aromatic heterocycles. The van der Waals surface area contributed by atoms with E-state index in [4.69, 9.17) is 0 Å². The predicted molar refractivity (Wildman–Crippen MR) is 106 cm³/mol. The van der Waals surface area contributed by atoms with Crippen molar-refractivity contribution in [2.45, 2.75) is 32.2 Å². The summed E-state index contributed by atoms with van der Waals surface area (Å²) in [4.78, 5) is 24.9. The molecule has 0 radical (unpaired) electrons. The minimum absolute atomic E-state index is 0.0644. The zero-order valence-electron chi connectivity index (χ0n) is 15.9. The van der Waals surface area contributed by atoms with Crippen LogP contribution in [0.3, 0.4) is 0 Å². The van der Waals surface area contributed by atoms with Crippen molar-refractivity contribution in [3.63, 3.8) is 0 Å². The lowest BCUT2D eigenvalue weighted by Gasteiger charge is -2.54. The first-order valence-electron chi connectivity index (χ1n) is 9.85. The third kappa shape index (κ3) is 3.28. The van der Waals surface area contributed by atoms with Crippen LogP contribution in [-0.4, -0.2) is 69.6 Å².